The SMILES string of the molecule is CNCCNC(=O)C1CCNC1C(C)C. The minimum atomic E-state index is 0.154. The number of amides is 1. The van der Waals surface area contributed by atoms with Crippen LogP contribution in [0.3, 0.4) is 0 Å². The molecule has 0 aromatic carbocycles. The highest BCUT2D eigenvalue weighted by Gasteiger charge is 2.33. The minimum absolute atomic E-state index is 0.154. The van der Waals surface area contributed by atoms with Gasteiger partial charge < -0.3 is 16.0 Å². The van der Waals surface area contributed by atoms with Crippen LogP contribution in [0.2, 0.25) is 0 Å². The molecule has 1 aliphatic rings. The molecular weight excluding hydrogens is 190 g/mol. The molecule has 2 atom stereocenters. The van der Waals surface area contributed by atoms with E-state index in [0.29, 0.717) is 12.0 Å². The van der Waals surface area contributed by atoms with Crippen molar-refractivity contribution in [3.05, 3.63) is 0 Å². The van der Waals surface area contributed by atoms with Gasteiger partial charge in [0.2, 0.25) is 5.91 Å². The van der Waals surface area contributed by atoms with E-state index in [1.165, 1.54) is 0 Å². The lowest BCUT2D eigenvalue weighted by Crippen LogP contribution is -2.42. The quantitative estimate of drug-likeness (QED) is 0.562. The Labute approximate surface area is 92.2 Å². The molecule has 2 unspecified atom stereocenters. The molecule has 1 aliphatic heterocycles. The molecule has 1 saturated heterocycles. The van der Waals surface area contributed by atoms with Gasteiger partial charge in [0.15, 0.2) is 0 Å². The van der Waals surface area contributed by atoms with Crippen LogP contribution >= 0.6 is 0 Å². The van der Waals surface area contributed by atoms with Gasteiger partial charge in [0, 0.05) is 19.1 Å². The highest BCUT2D eigenvalue weighted by atomic mass is 16.1. The summed E-state index contributed by atoms with van der Waals surface area (Å²) in [5, 5.41) is 9.39. The van der Waals surface area contributed by atoms with E-state index in [1.807, 2.05) is 7.05 Å². The molecule has 0 aliphatic carbocycles. The highest BCUT2D eigenvalue weighted by Crippen LogP contribution is 2.21. The minimum Gasteiger partial charge on any atom is -0.355 e. The Kier molecular flexibility index (Phi) is 5.05. The van der Waals surface area contributed by atoms with Gasteiger partial charge >= 0.3 is 0 Å². The van der Waals surface area contributed by atoms with Gasteiger partial charge in [-0.3, -0.25) is 4.79 Å². The Hall–Kier alpha value is -0.610. The van der Waals surface area contributed by atoms with Gasteiger partial charge in [-0.05, 0) is 25.9 Å². The van der Waals surface area contributed by atoms with Crippen LogP contribution in [0, 0.1) is 11.8 Å². The summed E-state index contributed by atoms with van der Waals surface area (Å²) >= 11 is 0. The standard InChI is InChI=1S/C11H23N3O/c1-8(2)10-9(4-5-13-10)11(15)14-7-6-12-3/h8-10,12-13H,4-7H2,1-3H3,(H,14,15). The number of hydrogen-bond acceptors (Lipinski definition) is 3. The molecule has 15 heavy (non-hydrogen) atoms. The van der Waals surface area contributed by atoms with E-state index in [1.54, 1.807) is 0 Å². The lowest BCUT2D eigenvalue weighted by atomic mass is 9.91. The molecule has 0 aromatic heterocycles. The summed E-state index contributed by atoms with van der Waals surface area (Å²) < 4.78 is 0. The topological polar surface area (TPSA) is 53.2 Å². The number of carbonyl (C=O) groups excluding carboxylic acids is 1. The molecule has 3 N–H and O–H groups in total. The van der Waals surface area contributed by atoms with Crippen molar-refractivity contribution in [2.45, 2.75) is 26.3 Å². The third kappa shape index (κ3) is 3.47. The summed E-state index contributed by atoms with van der Waals surface area (Å²) in [7, 11) is 1.89. The van der Waals surface area contributed by atoms with Crippen LogP contribution in [-0.2, 0) is 4.79 Å². The van der Waals surface area contributed by atoms with E-state index in [-0.39, 0.29) is 11.8 Å². The smallest absolute Gasteiger partial charge is 0.224 e. The van der Waals surface area contributed by atoms with E-state index in [2.05, 4.69) is 29.8 Å². The Morgan fingerprint density at radius 3 is 2.80 bits per heavy atom. The van der Waals surface area contributed by atoms with Crippen LogP contribution in [0.15, 0.2) is 0 Å². The lowest BCUT2D eigenvalue weighted by Gasteiger charge is -2.22. The number of carbonyl (C=O) groups is 1. The molecule has 4 nitrogen and oxygen atoms in total. The molecule has 1 heterocycles. The van der Waals surface area contributed by atoms with Gasteiger partial charge in [0.25, 0.3) is 0 Å². The van der Waals surface area contributed by atoms with Crippen LogP contribution in [0.4, 0.5) is 0 Å². The second-order valence-corrected chi connectivity index (χ2v) is 4.51. The molecule has 0 bridgehead atoms. The van der Waals surface area contributed by atoms with Gasteiger partial charge in [-0.1, -0.05) is 13.8 Å². The summed E-state index contributed by atoms with van der Waals surface area (Å²) in [6.45, 7) is 6.84. The van der Waals surface area contributed by atoms with Crippen molar-refractivity contribution in [2.75, 3.05) is 26.7 Å². The van der Waals surface area contributed by atoms with Crippen LogP contribution in [0.1, 0.15) is 20.3 Å². The van der Waals surface area contributed by atoms with Gasteiger partial charge in [0.1, 0.15) is 0 Å². The van der Waals surface area contributed by atoms with Gasteiger partial charge in [-0.25, -0.2) is 0 Å². The fourth-order valence-electron chi connectivity index (χ4n) is 2.16. The molecule has 0 radical (unpaired) electrons. The average molecular weight is 213 g/mol. The van der Waals surface area contributed by atoms with Gasteiger partial charge in [-0.2, -0.15) is 0 Å². The summed E-state index contributed by atoms with van der Waals surface area (Å²) in [4.78, 5) is 11.9. The molecule has 1 amide bonds. The number of likely N-dealkylation sites (N-methyl/N-ethyl adjacent to an activating group) is 1. The summed E-state index contributed by atoms with van der Waals surface area (Å²) in [5.41, 5.74) is 0. The predicted octanol–water partition coefficient (Wildman–Crippen LogP) is -0.0439. The molecule has 0 aromatic rings. The largest absolute Gasteiger partial charge is 0.355 e. The first-order chi connectivity index (χ1) is 7.16. The van der Waals surface area contributed by atoms with E-state index < -0.39 is 0 Å². The maximum atomic E-state index is 11.9. The zero-order chi connectivity index (χ0) is 11.3. The first-order valence-electron chi connectivity index (χ1n) is 5.82. The zero-order valence-electron chi connectivity index (χ0n) is 9.97. The summed E-state index contributed by atoms with van der Waals surface area (Å²) in [6.07, 6.45) is 0.967. The Bertz CT molecular complexity index is 206. The molecule has 0 saturated carbocycles. The first-order valence-corrected chi connectivity index (χ1v) is 5.82. The van der Waals surface area contributed by atoms with Crippen molar-refractivity contribution in [2.24, 2.45) is 11.8 Å². The lowest BCUT2D eigenvalue weighted by molar-refractivity contribution is -0.125. The molecule has 1 fully saturated rings. The van der Waals surface area contributed by atoms with Crippen molar-refractivity contribution < 1.29 is 4.79 Å². The third-order valence-corrected chi connectivity index (χ3v) is 3.00. The van der Waals surface area contributed by atoms with Crippen molar-refractivity contribution in [3.63, 3.8) is 0 Å². The van der Waals surface area contributed by atoms with E-state index in [0.717, 1.165) is 26.1 Å². The first kappa shape index (κ1) is 12.5. The molecular formula is C11H23N3O. The number of rotatable bonds is 5. The van der Waals surface area contributed by atoms with Crippen molar-refractivity contribution in [1.29, 1.82) is 0 Å². The fourth-order valence-corrected chi connectivity index (χ4v) is 2.16. The maximum Gasteiger partial charge on any atom is 0.224 e. The second kappa shape index (κ2) is 6.08. The predicted molar refractivity (Wildman–Crippen MR) is 61.7 cm³/mol. The van der Waals surface area contributed by atoms with Crippen LogP contribution in [-0.4, -0.2) is 38.6 Å². The van der Waals surface area contributed by atoms with Gasteiger partial charge in [-0.15, -0.1) is 0 Å². The van der Waals surface area contributed by atoms with Crippen molar-refractivity contribution >= 4 is 5.91 Å². The van der Waals surface area contributed by atoms with Crippen LogP contribution < -0.4 is 16.0 Å². The molecule has 1 rings (SSSR count). The van der Waals surface area contributed by atoms with Crippen LogP contribution in [0.25, 0.3) is 0 Å². The van der Waals surface area contributed by atoms with E-state index in [9.17, 15) is 4.79 Å². The monoisotopic (exact) mass is 213 g/mol. The molecule has 4 heteroatoms. The maximum absolute atomic E-state index is 11.9. The number of nitrogens with one attached hydrogen (secondary N) is 3. The van der Waals surface area contributed by atoms with Crippen molar-refractivity contribution in [3.8, 4) is 0 Å². The number of hydrogen-bond donors (Lipinski definition) is 3. The van der Waals surface area contributed by atoms with E-state index in [4.69, 9.17) is 0 Å². The van der Waals surface area contributed by atoms with E-state index >= 15 is 0 Å². The Morgan fingerprint density at radius 1 is 1.47 bits per heavy atom. The summed E-state index contributed by atoms with van der Waals surface area (Å²) in [6, 6.07) is 0.347. The molecule has 0 spiro atoms. The third-order valence-electron chi connectivity index (χ3n) is 3.00. The van der Waals surface area contributed by atoms with Crippen molar-refractivity contribution in [1.82, 2.24) is 16.0 Å². The second-order valence-electron chi connectivity index (χ2n) is 4.51. The Balaban J connectivity index is 2.37. The fraction of sp³-hybridized carbons (Fsp3) is 0.909. The average Bonchev–Trinajstić information content (AvgIpc) is 2.66. The zero-order valence-corrected chi connectivity index (χ0v) is 9.97. The van der Waals surface area contributed by atoms with Crippen LogP contribution in [0.5, 0.6) is 0 Å². The molecule has 88 valence electrons. The highest BCUT2D eigenvalue weighted by molar-refractivity contribution is 5.79. The van der Waals surface area contributed by atoms with Gasteiger partial charge in [0.05, 0.1) is 5.92 Å². The summed E-state index contributed by atoms with van der Waals surface area (Å²) in [5.74, 6) is 0.878. The normalized spacial score (nSPS) is 25.9. The Morgan fingerprint density at radius 2 is 2.20 bits per heavy atom.